The Balaban J connectivity index is 2.30. The Hall–Kier alpha value is -1.07. The fourth-order valence-corrected chi connectivity index (χ4v) is 4.26. The Labute approximate surface area is 108 Å². The van der Waals surface area contributed by atoms with E-state index in [9.17, 15) is 13.5 Å². The molecule has 0 aromatic heterocycles. The average molecular weight is 269 g/mol. The minimum absolute atomic E-state index is 0.0814. The minimum Gasteiger partial charge on any atom is -0.508 e. The number of aromatic hydroxyl groups is 1. The lowest BCUT2D eigenvalue weighted by Gasteiger charge is -2.26. The van der Waals surface area contributed by atoms with Crippen LogP contribution in [0, 0.1) is 0 Å². The summed E-state index contributed by atoms with van der Waals surface area (Å²) in [4.78, 5) is 0.258. The van der Waals surface area contributed by atoms with Crippen molar-refractivity contribution in [2.75, 3.05) is 6.54 Å². The van der Waals surface area contributed by atoms with Crippen molar-refractivity contribution in [1.82, 2.24) is 4.31 Å². The van der Waals surface area contributed by atoms with Crippen LogP contribution in [0.1, 0.15) is 32.6 Å². The molecule has 2 rings (SSSR count). The average Bonchev–Trinajstić information content (AvgIpc) is 2.84. The van der Waals surface area contributed by atoms with Gasteiger partial charge in [-0.3, -0.25) is 0 Å². The van der Waals surface area contributed by atoms with Gasteiger partial charge in [0.15, 0.2) is 0 Å². The van der Waals surface area contributed by atoms with Crippen LogP contribution in [0.15, 0.2) is 29.2 Å². The van der Waals surface area contributed by atoms with E-state index in [0.29, 0.717) is 6.54 Å². The Morgan fingerprint density at radius 2 is 1.78 bits per heavy atom. The molecular weight excluding hydrogens is 250 g/mol. The molecule has 0 radical (unpaired) electrons. The van der Waals surface area contributed by atoms with Gasteiger partial charge < -0.3 is 5.11 Å². The first-order chi connectivity index (χ1) is 8.55. The fraction of sp³-hybridized carbons (Fsp3) is 0.538. The lowest BCUT2D eigenvalue weighted by Crippen LogP contribution is -2.38. The molecule has 5 heteroatoms. The number of sulfonamides is 1. The third-order valence-electron chi connectivity index (χ3n) is 3.49. The third-order valence-corrected chi connectivity index (χ3v) is 5.53. The molecule has 1 N–H and O–H groups in total. The highest BCUT2D eigenvalue weighted by Crippen LogP contribution is 2.28. The van der Waals surface area contributed by atoms with Crippen molar-refractivity contribution < 1.29 is 13.5 Å². The van der Waals surface area contributed by atoms with Gasteiger partial charge in [0, 0.05) is 12.6 Å². The molecule has 1 aromatic rings. The minimum atomic E-state index is -3.43. The number of rotatable bonds is 4. The second-order valence-corrected chi connectivity index (χ2v) is 6.53. The van der Waals surface area contributed by atoms with Gasteiger partial charge in [-0.2, -0.15) is 4.31 Å². The van der Waals surface area contributed by atoms with Gasteiger partial charge in [-0.1, -0.05) is 19.8 Å². The molecule has 0 saturated heterocycles. The first-order valence-corrected chi connectivity index (χ1v) is 7.80. The van der Waals surface area contributed by atoms with Gasteiger partial charge in [-0.15, -0.1) is 0 Å². The number of phenolic OH excluding ortho intramolecular Hbond substituents is 1. The Kier molecular flexibility index (Phi) is 3.92. The quantitative estimate of drug-likeness (QED) is 0.912. The van der Waals surface area contributed by atoms with Crippen molar-refractivity contribution in [3.05, 3.63) is 24.3 Å². The summed E-state index contributed by atoms with van der Waals surface area (Å²) >= 11 is 0. The summed E-state index contributed by atoms with van der Waals surface area (Å²) in [5.41, 5.74) is 0. The highest BCUT2D eigenvalue weighted by molar-refractivity contribution is 7.89. The summed E-state index contributed by atoms with van der Waals surface area (Å²) in [5, 5.41) is 9.22. The van der Waals surface area contributed by atoms with E-state index >= 15 is 0 Å². The maximum atomic E-state index is 12.5. The van der Waals surface area contributed by atoms with E-state index in [2.05, 4.69) is 0 Å². The van der Waals surface area contributed by atoms with Crippen LogP contribution in [-0.2, 0) is 10.0 Å². The van der Waals surface area contributed by atoms with Gasteiger partial charge in [0.25, 0.3) is 0 Å². The van der Waals surface area contributed by atoms with Gasteiger partial charge in [-0.25, -0.2) is 8.42 Å². The summed E-state index contributed by atoms with van der Waals surface area (Å²) in [6.07, 6.45) is 4.11. The molecule has 1 saturated carbocycles. The van der Waals surface area contributed by atoms with Crippen LogP contribution in [0.5, 0.6) is 5.75 Å². The first kappa shape index (κ1) is 13.4. The molecule has 0 bridgehead atoms. The second kappa shape index (κ2) is 5.28. The monoisotopic (exact) mass is 269 g/mol. The van der Waals surface area contributed by atoms with Crippen LogP contribution in [0.2, 0.25) is 0 Å². The third kappa shape index (κ3) is 2.52. The Morgan fingerprint density at radius 3 is 2.28 bits per heavy atom. The van der Waals surface area contributed by atoms with Crippen molar-refractivity contribution >= 4 is 10.0 Å². The van der Waals surface area contributed by atoms with E-state index in [-0.39, 0.29) is 16.7 Å². The summed E-state index contributed by atoms with van der Waals surface area (Å²) in [6, 6.07) is 5.88. The van der Waals surface area contributed by atoms with E-state index < -0.39 is 10.0 Å². The smallest absolute Gasteiger partial charge is 0.243 e. The molecule has 0 amide bonds. The number of benzene rings is 1. The molecule has 1 aromatic carbocycles. The number of hydrogen-bond donors (Lipinski definition) is 1. The molecule has 0 atom stereocenters. The van der Waals surface area contributed by atoms with Gasteiger partial charge >= 0.3 is 0 Å². The van der Waals surface area contributed by atoms with Crippen LogP contribution >= 0.6 is 0 Å². The van der Waals surface area contributed by atoms with Crippen molar-refractivity contribution in [2.45, 2.75) is 43.5 Å². The number of phenols is 1. The van der Waals surface area contributed by atoms with Crippen molar-refractivity contribution in [2.24, 2.45) is 0 Å². The number of hydrogen-bond acceptors (Lipinski definition) is 3. The van der Waals surface area contributed by atoms with Crippen LogP contribution < -0.4 is 0 Å². The maximum absolute atomic E-state index is 12.5. The van der Waals surface area contributed by atoms with Gasteiger partial charge in [0.05, 0.1) is 4.90 Å². The highest BCUT2D eigenvalue weighted by atomic mass is 32.2. The molecule has 0 heterocycles. The molecular formula is C13H19NO3S. The van der Waals surface area contributed by atoms with E-state index in [4.69, 9.17) is 0 Å². The van der Waals surface area contributed by atoms with Gasteiger partial charge in [0.2, 0.25) is 10.0 Å². The Morgan fingerprint density at radius 1 is 1.22 bits per heavy atom. The van der Waals surface area contributed by atoms with Crippen LogP contribution in [0.4, 0.5) is 0 Å². The second-order valence-electron chi connectivity index (χ2n) is 4.64. The summed E-state index contributed by atoms with van der Waals surface area (Å²) in [7, 11) is -3.43. The lowest BCUT2D eigenvalue weighted by molar-refractivity contribution is 0.335. The predicted octanol–water partition coefficient (Wildman–Crippen LogP) is 2.35. The SMILES string of the molecule is CCN(C1CCCC1)S(=O)(=O)c1ccc(O)cc1. The standard InChI is InChI=1S/C13H19NO3S/c1-2-14(11-5-3-4-6-11)18(16,17)13-9-7-12(15)8-10-13/h7-11,15H,2-6H2,1H3. The number of nitrogens with zero attached hydrogens (tertiary/aromatic N) is 1. The van der Waals surface area contributed by atoms with Crippen molar-refractivity contribution in [1.29, 1.82) is 0 Å². The summed E-state index contributed by atoms with van der Waals surface area (Å²) in [6.45, 7) is 2.37. The molecule has 0 spiro atoms. The normalized spacial score (nSPS) is 17.4. The zero-order valence-corrected chi connectivity index (χ0v) is 11.4. The topological polar surface area (TPSA) is 57.6 Å². The molecule has 100 valence electrons. The molecule has 4 nitrogen and oxygen atoms in total. The molecule has 1 aliphatic rings. The Bertz CT molecular complexity index is 489. The van der Waals surface area contributed by atoms with Gasteiger partial charge in [0.1, 0.15) is 5.75 Å². The zero-order valence-electron chi connectivity index (χ0n) is 10.5. The van der Waals surface area contributed by atoms with Crippen LogP contribution in [-0.4, -0.2) is 30.4 Å². The van der Waals surface area contributed by atoms with Crippen molar-refractivity contribution in [3.8, 4) is 5.75 Å². The van der Waals surface area contributed by atoms with Crippen LogP contribution in [0.3, 0.4) is 0 Å². The first-order valence-electron chi connectivity index (χ1n) is 6.36. The van der Waals surface area contributed by atoms with Crippen LogP contribution in [0.25, 0.3) is 0 Å². The lowest BCUT2D eigenvalue weighted by atomic mass is 10.2. The van der Waals surface area contributed by atoms with E-state index in [1.165, 1.54) is 24.3 Å². The fourth-order valence-electron chi connectivity index (χ4n) is 2.57. The van der Waals surface area contributed by atoms with E-state index in [1.54, 1.807) is 4.31 Å². The molecule has 18 heavy (non-hydrogen) atoms. The van der Waals surface area contributed by atoms with Crippen molar-refractivity contribution in [3.63, 3.8) is 0 Å². The largest absolute Gasteiger partial charge is 0.508 e. The highest BCUT2D eigenvalue weighted by Gasteiger charge is 2.31. The zero-order chi connectivity index (χ0) is 13.2. The van der Waals surface area contributed by atoms with E-state index in [0.717, 1.165) is 25.7 Å². The summed E-state index contributed by atoms with van der Waals surface area (Å²) < 4.78 is 26.6. The van der Waals surface area contributed by atoms with Gasteiger partial charge in [-0.05, 0) is 37.1 Å². The molecule has 0 aliphatic heterocycles. The summed E-state index contributed by atoms with van der Waals surface area (Å²) in [5.74, 6) is 0.0814. The molecule has 1 aliphatic carbocycles. The molecule has 1 fully saturated rings. The predicted molar refractivity (Wildman–Crippen MR) is 69.9 cm³/mol. The maximum Gasteiger partial charge on any atom is 0.243 e. The van der Waals surface area contributed by atoms with E-state index in [1.807, 2.05) is 6.92 Å². The molecule has 0 unspecified atom stereocenters.